The van der Waals surface area contributed by atoms with Crippen molar-refractivity contribution in [3.8, 4) is 0 Å². The molecule has 0 saturated heterocycles. The van der Waals surface area contributed by atoms with Crippen molar-refractivity contribution in [1.82, 2.24) is 15.3 Å². The van der Waals surface area contributed by atoms with Gasteiger partial charge in [0.25, 0.3) is 5.56 Å². The second-order valence-electron chi connectivity index (χ2n) is 4.01. The predicted molar refractivity (Wildman–Crippen MR) is 79.3 cm³/mol. The van der Waals surface area contributed by atoms with Crippen LogP contribution in [0.4, 0.5) is 5.82 Å². The second kappa shape index (κ2) is 6.85. The van der Waals surface area contributed by atoms with Gasteiger partial charge in [-0.25, -0.2) is 4.98 Å². The Morgan fingerprint density at radius 3 is 2.80 bits per heavy atom. The number of anilines is 1. The zero-order chi connectivity index (χ0) is 14.4. The lowest BCUT2D eigenvalue weighted by atomic mass is 10.2. The third-order valence-electron chi connectivity index (χ3n) is 2.55. The number of amides is 1. The van der Waals surface area contributed by atoms with Gasteiger partial charge in [-0.3, -0.25) is 9.59 Å². The van der Waals surface area contributed by atoms with Crippen molar-refractivity contribution in [2.45, 2.75) is 6.54 Å². The minimum atomic E-state index is -0.299. The summed E-state index contributed by atoms with van der Waals surface area (Å²) in [6.07, 6.45) is 1.28. The highest BCUT2D eigenvalue weighted by Gasteiger charge is 2.07. The van der Waals surface area contributed by atoms with Crippen LogP contribution in [0.15, 0.2) is 45.9 Å². The van der Waals surface area contributed by atoms with Gasteiger partial charge in [0.1, 0.15) is 10.3 Å². The summed E-state index contributed by atoms with van der Waals surface area (Å²) in [7, 11) is 0. The minimum Gasteiger partial charge on any atom is -0.360 e. The monoisotopic (exact) mass is 336 g/mol. The lowest BCUT2D eigenvalue weighted by molar-refractivity contribution is -0.119. The van der Waals surface area contributed by atoms with Crippen molar-refractivity contribution in [2.75, 3.05) is 11.9 Å². The minimum absolute atomic E-state index is 0.0435. The van der Waals surface area contributed by atoms with E-state index >= 15 is 0 Å². The molecule has 0 aliphatic carbocycles. The van der Waals surface area contributed by atoms with Crippen molar-refractivity contribution in [3.05, 3.63) is 57.0 Å². The van der Waals surface area contributed by atoms with Crippen molar-refractivity contribution < 1.29 is 4.79 Å². The van der Waals surface area contributed by atoms with E-state index in [0.717, 1.165) is 5.56 Å². The molecule has 2 rings (SSSR count). The number of hydrogen-bond acceptors (Lipinski definition) is 4. The number of halogens is 1. The van der Waals surface area contributed by atoms with Crippen LogP contribution in [-0.4, -0.2) is 22.4 Å². The van der Waals surface area contributed by atoms with Crippen LogP contribution in [-0.2, 0) is 11.3 Å². The lowest BCUT2D eigenvalue weighted by Gasteiger charge is -2.08. The molecule has 0 fully saturated rings. The number of aromatic nitrogens is 2. The maximum atomic E-state index is 11.7. The molecular weight excluding hydrogens is 324 g/mol. The average molecular weight is 337 g/mol. The van der Waals surface area contributed by atoms with E-state index in [4.69, 9.17) is 0 Å². The van der Waals surface area contributed by atoms with Gasteiger partial charge in [-0.15, -0.1) is 0 Å². The van der Waals surface area contributed by atoms with Crippen molar-refractivity contribution in [2.24, 2.45) is 0 Å². The molecule has 1 amide bonds. The van der Waals surface area contributed by atoms with Crippen LogP contribution in [0.2, 0.25) is 0 Å². The molecule has 2 aromatic rings. The Hall–Kier alpha value is -2.15. The van der Waals surface area contributed by atoms with Gasteiger partial charge in [-0.1, -0.05) is 30.3 Å². The quantitative estimate of drug-likeness (QED) is 0.767. The number of aromatic amines is 1. The summed E-state index contributed by atoms with van der Waals surface area (Å²) in [6.45, 7) is 0.507. The van der Waals surface area contributed by atoms with E-state index in [1.54, 1.807) is 0 Å². The molecule has 0 radical (unpaired) electrons. The fraction of sp³-hybridized carbons (Fsp3) is 0.154. The lowest BCUT2D eigenvalue weighted by Crippen LogP contribution is -2.30. The Bertz CT molecular complexity index is 642. The van der Waals surface area contributed by atoms with E-state index in [0.29, 0.717) is 12.4 Å². The molecule has 6 nitrogen and oxygen atoms in total. The molecule has 7 heteroatoms. The summed E-state index contributed by atoms with van der Waals surface area (Å²) < 4.78 is 0.274. The van der Waals surface area contributed by atoms with E-state index in [1.807, 2.05) is 30.3 Å². The molecule has 104 valence electrons. The number of H-pyrrole nitrogens is 1. The van der Waals surface area contributed by atoms with E-state index in [9.17, 15) is 9.59 Å². The number of hydrogen-bond donors (Lipinski definition) is 3. The zero-order valence-corrected chi connectivity index (χ0v) is 12.1. The Morgan fingerprint density at radius 2 is 2.05 bits per heavy atom. The maximum Gasteiger partial charge on any atom is 0.267 e. The summed E-state index contributed by atoms with van der Waals surface area (Å²) in [5.41, 5.74) is 0.725. The number of benzene rings is 1. The first-order chi connectivity index (χ1) is 9.66. The average Bonchev–Trinajstić information content (AvgIpc) is 2.48. The Balaban J connectivity index is 1.83. The highest BCUT2D eigenvalue weighted by atomic mass is 79.9. The molecule has 0 unspecified atom stereocenters. The smallest absolute Gasteiger partial charge is 0.267 e. The predicted octanol–water partition coefficient (Wildman–Crippen LogP) is 1.26. The van der Waals surface area contributed by atoms with Crippen LogP contribution in [0.1, 0.15) is 5.56 Å². The third kappa shape index (κ3) is 3.92. The first-order valence-electron chi connectivity index (χ1n) is 5.94. The van der Waals surface area contributed by atoms with E-state index in [2.05, 4.69) is 36.5 Å². The maximum absolute atomic E-state index is 11.7. The molecule has 0 aliphatic heterocycles. The van der Waals surface area contributed by atoms with Crippen LogP contribution < -0.4 is 16.2 Å². The number of nitrogens with one attached hydrogen (secondary N) is 3. The summed E-state index contributed by atoms with van der Waals surface area (Å²) in [4.78, 5) is 29.4. The van der Waals surface area contributed by atoms with Crippen LogP contribution >= 0.6 is 15.9 Å². The summed E-state index contributed by atoms with van der Waals surface area (Å²) in [5, 5.41) is 5.57. The summed E-state index contributed by atoms with van der Waals surface area (Å²) in [5.74, 6) is 0.159. The highest BCUT2D eigenvalue weighted by molar-refractivity contribution is 9.10. The molecule has 1 heterocycles. The van der Waals surface area contributed by atoms with Crippen LogP contribution in [0.3, 0.4) is 0 Å². The summed E-state index contributed by atoms with van der Waals surface area (Å²) >= 11 is 3.11. The van der Waals surface area contributed by atoms with Gasteiger partial charge < -0.3 is 15.6 Å². The third-order valence-corrected chi connectivity index (χ3v) is 3.28. The molecular formula is C13H13BrN4O2. The topological polar surface area (TPSA) is 86.9 Å². The van der Waals surface area contributed by atoms with E-state index in [1.165, 1.54) is 6.33 Å². The van der Waals surface area contributed by atoms with Gasteiger partial charge in [0, 0.05) is 6.54 Å². The molecule has 3 N–H and O–H groups in total. The molecule has 1 aromatic heterocycles. The van der Waals surface area contributed by atoms with Gasteiger partial charge in [0.15, 0.2) is 0 Å². The first-order valence-corrected chi connectivity index (χ1v) is 6.74. The standard InChI is InChI=1S/C13H13BrN4O2/c14-11-12(17-8-18-13(11)20)16-7-10(19)15-6-9-4-2-1-3-5-9/h1-5,8H,6-7H2,(H,15,19)(H2,16,17,18,20). The van der Waals surface area contributed by atoms with Crippen molar-refractivity contribution in [1.29, 1.82) is 0 Å². The largest absolute Gasteiger partial charge is 0.360 e. The van der Waals surface area contributed by atoms with Crippen molar-refractivity contribution >= 4 is 27.7 Å². The van der Waals surface area contributed by atoms with Crippen LogP contribution in [0.5, 0.6) is 0 Å². The first kappa shape index (κ1) is 14.3. The fourth-order valence-electron chi connectivity index (χ4n) is 1.53. The second-order valence-corrected chi connectivity index (χ2v) is 4.80. The van der Waals surface area contributed by atoms with E-state index in [-0.39, 0.29) is 22.5 Å². The summed E-state index contributed by atoms with van der Waals surface area (Å²) in [6, 6.07) is 9.61. The highest BCUT2D eigenvalue weighted by Crippen LogP contribution is 2.12. The molecule has 0 bridgehead atoms. The van der Waals surface area contributed by atoms with Crippen LogP contribution in [0.25, 0.3) is 0 Å². The van der Waals surface area contributed by atoms with E-state index < -0.39 is 0 Å². The van der Waals surface area contributed by atoms with Crippen LogP contribution in [0, 0.1) is 0 Å². The van der Waals surface area contributed by atoms with Gasteiger partial charge in [-0.05, 0) is 21.5 Å². The molecule has 0 saturated carbocycles. The molecule has 20 heavy (non-hydrogen) atoms. The van der Waals surface area contributed by atoms with Gasteiger partial charge in [-0.2, -0.15) is 0 Å². The molecule has 0 aliphatic rings. The number of carbonyl (C=O) groups excluding carboxylic acids is 1. The Morgan fingerprint density at radius 1 is 1.30 bits per heavy atom. The van der Waals surface area contributed by atoms with Gasteiger partial charge >= 0.3 is 0 Å². The molecule has 0 spiro atoms. The number of carbonyl (C=O) groups is 1. The van der Waals surface area contributed by atoms with Gasteiger partial charge in [0.2, 0.25) is 5.91 Å². The zero-order valence-electron chi connectivity index (χ0n) is 10.5. The molecule has 0 atom stereocenters. The Labute approximate surface area is 123 Å². The number of nitrogens with zero attached hydrogens (tertiary/aromatic N) is 1. The molecule has 1 aromatic carbocycles. The van der Waals surface area contributed by atoms with Crippen molar-refractivity contribution in [3.63, 3.8) is 0 Å². The SMILES string of the molecule is O=C(CNc1nc[nH]c(=O)c1Br)NCc1ccccc1. The normalized spacial score (nSPS) is 10.1. The van der Waals surface area contributed by atoms with Gasteiger partial charge in [0.05, 0.1) is 12.9 Å². The Kier molecular flexibility index (Phi) is 4.89. The number of rotatable bonds is 5. The fourth-order valence-corrected chi connectivity index (χ4v) is 1.89.